The van der Waals surface area contributed by atoms with Crippen LogP contribution >= 0.6 is 0 Å². The minimum Gasteiger partial charge on any atom is -0.379 e. The van der Waals surface area contributed by atoms with E-state index in [4.69, 9.17) is 5.73 Å². The summed E-state index contributed by atoms with van der Waals surface area (Å²) in [5.41, 5.74) is 5.46. The SMILES string of the molecule is CC1(C)CCCN1C(=O)c1nonc1N. The molecule has 1 amide bonds. The van der Waals surface area contributed by atoms with Crippen LogP contribution < -0.4 is 5.73 Å². The van der Waals surface area contributed by atoms with E-state index in [2.05, 4.69) is 14.9 Å². The minimum atomic E-state index is -0.198. The van der Waals surface area contributed by atoms with Gasteiger partial charge >= 0.3 is 0 Å². The third-order valence-electron chi connectivity index (χ3n) is 2.86. The van der Waals surface area contributed by atoms with E-state index >= 15 is 0 Å². The van der Waals surface area contributed by atoms with E-state index in [0.717, 1.165) is 19.4 Å². The summed E-state index contributed by atoms with van der Waals surface area (Å²) < 4.78 is 4.42. The van der Waals surface area contributed by atoms with Gasteiger partial charge in [0.2, 0.25) is 11.5 Å². The van der Waals surface area contributed by atoms with Gasteiger partial charge in [-0.3, -0.25) is 4.79 Å². The van der Waals surface area contributed by atoms with E-state index in [0.29, 0.717) is 0 Å². The normalized spacial score (nSPS) is 19.5. The number of nitrogen functional groups attached to an aromatic ring is 1. The summed E-state index contributed by atoms with van der Waals surface area (Å²) in [4.78, 5) is 13.8. The van der Waals surface area contributed by atoms with Crippen LogP contribution in [-0.4, -0.2) is 33.2 Å². The molecule has 1 aromatic heterocycles. The molecule has 2 N–H and O–H groups in total. The lowest BCUT2D eigenvalue weighted by atomic mass is 10.0. The molecule has 0 bridgehead atoms. The number of amides is 1. The number of nitrogens with zero attached hydrogens (tertiary/aromatic N) is 3. The van der Waals surface area contributed by atoms with E-state index in [1.807, 2.05) is 13.8 Å². The Morgan fingerprint density at radius 1 is 1.53 bits per heavy atom. The molecule has 0 spiro atoms. The second-order valence-corrected chi connectivity index (χ2v) is 4.37. The van der Waals surface area contributed by atoms with Gasteiger partial charge in [-0.1, -0.05) is 0 Å². The van der Waals surface area contributed by atoms with Gasteiger partial charge < -0.3 is 10.6 Å². The maximum Gasteiger partial charge on any atom is 0.280 e. The number of aromatic nitrogens is 2. The van der Waals surface area contributed by atoms with Crippen molar-refractivity contribution in [3.8, 4) is 0 Å². The standard InChI is InChI=1S/C9H14N4O2/c1-9(2)4-3-5-13(9)8(14)6-7(10)12-15-11-6/h3-5H2,1-2H3,(H2,10,12). The maximum atomic E-state index is 12.0. The van der Waals surface area contributed by atoms with E-state index in [1.165, 1.54) is 0 Å². The van der Waals surface area contributed by atoms with Crippen molar-refractivity contribution in [3.05, 3.63) is 5.69 Å². The molecule has 2 heterocycles. The molecule has 0 aliphatic carbocycles. The van der Waals surface area contributed by atoms with E-state index in [1.54, 1.807) is 4.90 Å². The van der Waals surface area contributed by atoms with E-state index in [-0.39, 0.29) is 23.0 Å². The maximum absolute atomic E-state index is 12.0. The minimum absolute atomic E-state index is 0.0581. The number of anilines is 1. The van der Waals surface area contributed by atoms with Gasteiger partial charge in [0, 0.05) is 12.1 Å². The molecule has 0 radical (unpaired) electrons. The third kappa shape index (κ3) is 1.55. The Bertz CT molecular complexity index is 385. The fourth-order valence-electron chi connectivity index (χ4n) is 1.96. The van der Waals surface area contributed by atoms with Gasteiger partial charge in [0.15, 0.2) is 0 Å². The molecule has 0 aromatic carbocycles. The molecule has 1 fully saturated rings. The molecular formula is C9H14N4O2. The van der Waals surface area contributed by atoms with Crippen LogP contribution in [0.1, 0.15) is 37.2 Å². The Hall–Kier alpha value is -1.59. The van der Waals surface area contributed by atoms with Crippen molar-refractivity contribution in [3.63, 3.8) is 0 Å². The van der Waals surface area contributed by atoms with Crippen LogP contribution in [0.5, 0.6) is 0 Å². The largest absolute Gasteiger partial charge is 0.379 e. The Morgan fingerprint density at radius 3 is 2.73 bits per heavy atom. The second-order valence-electron chi connectivity index (χ2n) is 4.37. The summed E-state index contributed by atoms with van der Waals surface area (Å²) in [6, 6.07) is 0. The molecule has 1 aromatic rings. The average Bonchev–Trinajstić information content (AvgIpc) is 2.70. The fraction of sp³-hybridized carbons (Fsp3) is 0.667. The van der Waals surface area contributed by atoms with Crippen LogP contribution in [0, 0.1) is 0 Å². The first-order valence-electron chi connectivity index (χ1n) is 4.92. The lowest BCUT2D eigenvalue weighted by molar-refractivity contribution is 0.0641. The molecule has 0 unspecified atom stereocenters. The molecule has 1 aliphatic rings. The zero-order valence-electron chi connectivity index (χ0n) is 8.86. The van der Waals surface area contributed by atoms with Crippen LogP contribution in [0.25, 0.3) is 0 Å². The quantitative estimate of drug-likeness (QED) is 0.736. The molecule has 2 rings (SSSR count). The zero-order valence-corrected chi connectivity index (χ0v) is 8.86. The summed E-state index contributed by atoms with van der Waals surface area (Å²) >= 11 is 0. The van der Waals surface area contributed by atoms with Crippen molar-refractivity contribution in [2.75, 3.05) is 12.3 Å². The topological polar surface area (TPSA) is 85.2 Å². The van der Waals surface area contributed by atoms with E-state index < -0.39 is 0 Å². The van der Waals surface area contributed by atoms with Crippen molar-refractivity contribution < 1.29 is 9.42 Å². The Kier molecular flexibility index (Phi) is 2.13. The molecular weight excluding hydrogens is 196 g/mol. The number of hydrogen-bond acceptors (Lipinski definition) is 5. The predicted molar refractivity (Wildman–Crippen MR) is 53.1 cm³/mol. The first-order valence-corrected chi connectivity index (χ1v) is 4.92. The average molecular weight is 210 g/mol. The smallest absolute Gasteiger partial charge is 0.280 e. The van der Waals surface area contributed by atoms with Crippen molar-refractivity contribution in [2.24, 2.45) is 0 Å². The first-order chi connectivity index (χ1) is 7.02. The zero-order chi connectivity index (χ0) is 11.1. The number of likely N-dealkylation sites (tertiary alicyclic amines) is 1. The summed E-state index contributed by atoms with van der Waals surface area (Å²) in [6.45, 7) is 4.79. The van der Waals surface area contributed by atoms with Crippen molar-refractivity contribution >= 4 is 11.7 Å². The van der Waals surface area contributed by atoms with Gasteiger partial charge in [-0.15, -0.1) is 0 Å². The molecule has 6 nitrogen and oxygen atoms in total. The highest BCUT2D eigenvalue weighted by Crippen LogP contribution is 2.29. The van der Waals surface area contributed by atoms with Gasteiger partial charge in [-0.25, -0.2) is 4.63 Å². The fourth-order valence-corrected chi connectivity index (χ4v) is 1.96. The number of carbonyl (C=O) groups is 1. The molecule has 0 atom stereocenters. The summed E-state index contributed by atoms with van der Waals surface area (Å²) in [5.74, 6) is -0.140. The lowest BCUT2D eigenvalue weighted by Crippen LogP contribution is -2.43. The van der Waals surface area contributed by atoms with Crippen molar-refractivity contribution in [1.82, 2.24) is 15.2 Å². The van der Waals surface area contributed by atoms with Crippen molar-refractivity contribution in [2.45, 2.75) is 32.2 Å². The van der Waals surface area contributed by atoms with Crippen LogP contribution in [0.3, 0.4) is 0 Å². The summed E-state index contributed by atoms with van der Waals surface area (Å²) in [5, 5.41) is 6.92. The highest BCUT2D eigenvalue weighted by Gasteiger charge is 2.37. The first kappa shape index (κ1) is 9.95. The molecule has 6 heteroatoms. The van der Waals surface area contributed by atoms with Crippen LogP contribution in [0.4, 0.5) is 5.82 Å². The molecule has 1 aliphatic heterocycles. The van der Waals surface area contributed by atoms with Gasteiger partial charge in [0.25, 0.3) is 5.91 Å². The number of nitrogens with two attached hydrogens (primary N) is 1. The molecule has 15 heavy (non-hydrogen) atoms. The third-order valence-corrected chi connectivity index (χ3v) is 2.86. The van der Waals surface area contributed by atoms with Gasteiger partial charge in [0.1, 0.15) is 0 Å². The number of rotatable bonds is 1. The monoisotopic (exact) mass is 210 g/mol. The molecule has 0 saturated carbocycles. The lowest BCUT2D eigenvalue weighted by Gasteiger charge is -2.30. The highest BCUT2D eigenvalue weighted by atomic mass is 16.6. The van der Waals surface area contributed by atoms with Crippen LogP contribution in [0.2, 0.25) is 0 Å². The predicted octanol–water partition coefficient (Wildman–Crippen LogP) is 0.666. The number of carbonyl (C=O) groups excluding carboxylic acids is 1. The summed E-state index contributed by atoms with van der Waals surface area (Å²) in [6.07, 6.45) is 1.99. The highest BCUT2D eigenvalue weighted by molar-refractivity contribution is 5.96. The van der Waals surface area contributed by atoms with Gasteiger partial charge in [-0.05, 0) is 37.0 Å². The van der Waals surface area contributed by atoms with E-state index in [9.17, 15) is 4.79 Å². The Balaban J connectivity index is 2.26. The van der Waals surface area contributed by atoms with Gasteiger partial charge in [-0.2, -0.15) is 0 Å². The second kappa shape index (κ2) is 3.22. The van der Waals surface area contributed by atoms with Crippen LogP contribution in [0.15, 0.2) is 4.63 Å². The number of hydrogen-bond donors (Lipinski definition) is 1. The Labute approximate surface area is 87.4 Å². The molecule has 1 saturated heterocycles. The molecule has 82 valence electrons. The summed E-state index contributed by atoms with van der Waals surface area (Å²) in [7, 11) is 0. The Morgan fingerprint density at radius 2 is 2.27 bits per heavy atom. The van der Waals surface area contributed by atoms with Gasteiger partial charge in [0.05, 0.1) is 0 Å². The van der Waals surface area contributed by atoms with Crippen LogP contribution in [-0.2, 0) is 0 Å². The van der Waals surface area contributed by atoms with Crippen molar-refractivity contribution in [1.29, 1.82) is 0 Å².